The maximum Gasteiger partial charge on any atom is 0.326 e. The number of benzene rings is 4. The minimum absolute atomic E-state index is 0.0362. The molecule has 540 valence electrons. The third-order valence-electron chi connectivity index (χ3n) is 17.5. The highest BCUT2D eigenvalue weighted by Crippen LogP contribution is 2.24. The Hall–Kier alpha value is -10.1. The van der Waals surface area contributed by atoms with Crippen LogP contribution < -0.4 is 59.3 Å². The van der Waals surface area contributed by atoms with Gasteiger partial charge >= 0.3 is 11.9 Å². The van der Waals surface area contributed by atoms with Gasteiger partial charge in [-0.15, -0.1) is 0 Å². The molecule has 28 nitrogen and oxygen atoms in total. The Kier molecular flexibility index (Phi) is 31.2. The van der Waals surface area contributed by atoms with Gasteiger partial charge in [0.05, 0.1) is 12.6 Å². The number of nitrogens with one attached hydrogen (secondary N) is 9. The summed E-state index contributed by atoms with van der Waals surface area (Å²) >= 11 is 0. The van der Waals surface area contributed by atoms with Gasteiger partial charge in [-0.25, -0.2) is 4.79 Å². The molecule has 0 bridgehead atoms. The number of carboxylic acid groups (broad SMARTS) is 2. The number of aliphatic carboxylic acids is 2. The first-order valence-corrected chi connectivity index (χ1v) is 34.1. The highest BCUT2D eigenvalue weighted by Gasteiger charge is 2.43. The molecule has 11 atom stereocenters. The maximum atomic E-state index is 15.0. The predicted molar refractivity (Wildman–Crippen MR) is 369 cm³/mol. The van der Waals surface area contributed by atoms with Crippen LogP contribution in [0.3, 0.4) is 0 Å². The normalized spacial score (nSPS) is 16.9. The molecule has 6 rings (SSSR count). The molecule has 2 fully saturated rings. The zero-order valence-electron chi connectivity index (χ0n) is 57.3. The highest BCUT2D eigenvalue weighted by atomic mass is 16.4. The lowest BCUT2D eigenvalue weighted by atomic mass is 10.00. The molecular formula is C72H97N13O15. The van der Waals surface area contributed by atoms with Crippen LogP contribution in [0.4, 0.5) is 0 Å². The van der Waals surface area contributed by atoms with Crippen molar-refractivity contribution in [3.05, 3.63) is 144 Å². The molecule has 100 heavy (non-hydrogen) atoms. The van der Waals surface area contributed by atoms with Crippen LogP contribution in [0.1, 0.15) is 115 Å². The number of amides is 11. The van der Waals surface area contributed by atoms with E-state index < -0.39 is 175 Å². The van der Waals surface area contributed by atoms with Gasteiger partial charge in [0, 0.05) is 38.8 Å². The summed E-state index contributed by atoms with van der Waals surface area (Å²) in [5.74, 6) is -12.0. The first kappa shape index (κ1) is 78.9. The second-order valence-corrected chi connectivity index (χ2v) is 26.1. The second kappa shape index (κ2) is 39.5. The van der Waals surface area contributed by atoms with Crippen LogP contribution in [0.2, 0.25) is 0 Å². The first-order chi connectivity index (χ1) is 47.7. The lowest BCUT2D eigenvalue weighted by Gasteiger charge is -2.32. The van der Waals surface area contributed by atoms with E-state index in [2.05, 4.69) is 47.9 Å². The Morgan fingerprint density at radius 3 is 1.33 bits per heavy atom. The molecule has 4 aromatic carbocycles. The maximum absolute atomic E-state index is 15.0. The van der Waals surface area contributed by atoms with Crippen molar-refractivity contribution in [2.24, 2.45) is 23.3 Å². The third kappa shape index (κ3) is 24.4. The molecule has 0 spiro atoms. The number of likely N-dealkylation sites (tertiary alicyclic amines) is 2. The summed E-state index contributed by atoms with van der Waals surface area (Å²) in [6, 6.07) is 21.7. The summed E-state index contributed by atoms with van der Waals surface area (Å²) in [4.78, 5) is 182. The van der Waals surface area contributed by atoms with E-state index in [1.165, 1.54) is 16.7 Å². The fourth-order valence-electron chi connectivity index (χ4n) is 12.0. The van der Waals surface area contributed by atoms with Gasteiger partial charge < -0.3 is 79.3 Å². The summed E-state index contributed by atoms with van der Waals surface area (Å²) in [7, 11) is 0. The molecular weight excluding hydrogens is 1290 g/mol. The molecule has 15 N–H and O–H groups in total. The van der Waals surface area contributed by atoms with E-state index in [1.54, 1.807) is 113 Å². The van der Waals surface area contributed by atoms with Gasteiger partial charge in [0.1, 0.15) is 60.4 Å². The molecule has 11 unspecified atom stereocenters. The molecule has 11 amide bonds. The van der Waals surface area contributed by atoms with E-state index in [0.717, 1.165) is 11.1 Å². The van der Waals surface area contributed by atoms with Gasteiger partial charge in [0.15, 0.2) is 0 Å². The van der Waals surface area contributed by atoms with Crippen LogP contribution in [0.25, 0.3) is 0 Å². The molecule has 4 aromatic rings. The van der Waals surface area contributed by atoms with Crippen LogP contribution in [-0.2, 0) is 88.0 Å². The number of hydrogen-bond donors (Lipinski definition) is 13. The topological polar surface area (TPSA) is 429 Å². The smallest absolute Gasteiger partial charge is 0.326 e. The molecule has 2 aliphatic heterocycles. The number of carbonyl (C=O) groups excluding carboxylic acids is 11. The second-order valence-electron chi connectivity index (χ2n) is 26.1. The fourth-order valence-corrected chi connectivity index (χ4v) is 12.0. The monoisotopic (exact) mass is 1380 g/mol. The van der Waals surface area contributed by atoms with Crippen molar-refractivity contribution in [2.75, 3.05) is 26.2 Å². The van der Waals surface area contributed by atoms with Crippen LogP contribution >= 0.6 is 0 Å². The van der Waals surface area contributed by atoms with Gasteiger partial charge in [0.2, 0.25) is 65.0 Å². The molecule has 0 aliphatic carbocycles. The molecule has 2 aliphatic rings. The first-order valence-electron chi connectivity index (χ1n) is 34.1. The van der Waals surface area contributed by atoms with Gasteiger partial charge in [-0.1, -0.05) is 149 Å². The van der Waals surface area contributed by atoms with Gasteiger partial charge in [-0.05, 0) is 105 Å². The number of unbranched alkanes of at least 4 members (excludes halogenated alkanes) is 1. The zero-order chi connectivity index (χ0) is 73.0. The molecule has 2 saturated heterocycles. The standard InChI is InChI=1S/C72H97N13O15/c1-43(2)60(83-65(92)54(40-48-26-14-8-15-27-48)79-62(89)50(74)38-46-22-10-6-11-23-46)68(95)76-45(5)70(97)84-36-20-31-56(84)67(94)81-55(41-49-28-16-9-17-29-49)71(98)85-37-21-32-57(85)66(93)78-51(33-34-59(87)88)64(91)82-61(44(3)4)69(96)80-53(39-47-24-12-7-13-25-47)63(90)75-42-58(86)77-52(72(99)100)30-18-19-35-73/h6-17,22-29,43-45,50-57,60-61H,18-21,30-42,73-74H2,1-5H3,(H,75,90)(H,76,95)(H,77,86)(H,78,93)(H,79,89)(H,80,96)(H,81,94)(H,82,91)(H,83,92)(H,87,88)(H,99,100). The van der Waals surface area contributed by atoms with Crippen LogP contribution in [-0.4, -0.2) is 190 Å². The van der Waals surface area contributed by atoms with E-state index in [9.17, 15) is 72.5 Å². The zero-order valence-corrected chi connectivity index (χ0v) is 57.3. The van der Waals surface area contributed by atoms with Crippen LogP contribution in [0, 0.1) is 11.8 Å². The molecule has 0 aromatic heterocycles. The van der Waals surface area contributed by atoms with E-state index in [0.29, 0.717) is 43.4 Å². The number of carboxylic acids is 2. The van der Waals surface area contributed by atoms with Crippen molar-refractivity contribution < 1.29 is 72.5 Å². The largest absolute Gasteiger partial charge is 0.481 e. The van der Waals surface area contributed by atoms with Crippen molar-refractivity contribution in [3.63, 3.8) is 0 Å². The average Bonchev–Trinajstić information content (AvgIpc) is 1.60. The lowest BCUT2D eigenvalue weighted by Crippen LogP contribution is -2.61. The highest BCUT2D eigenvalue weighted by molar-refractivity contribution is 6.00. The molecule has 0 radical (unpaired) electrons. The van der Waals surface area contributed by atoms with Crippen molar-refractivity contribution in [3.8, 4) is 0 Å². The Labute approximate surface area is 582 Å². The van der Waals surface area contributed by atoms with Gasteiger partial charge in [0.25, 0.3) is 0 Å². The minimum atomic E-state index is -1.58. The third-order valence-corrected chi connectivity index (χ3v) is 17.5. The average molecular weight is 1380 g/mol. The summed E-state index contributed by atoms with van der Waals surface area (Å²) in [5.41, 5.74) is 14.6. The molecule has 2 heterocycles. The number of hydrogen-bond acceptors (Lipinski definition) is 15. The van der Waals surface area contributed by atoms with E-state index >= 15 is 0 Å². The van der Waals surface area contributed by atoms with Gasteiger partial charge in [-0.2, -0.15) is 0 Å². The number of carbonyl (C=O) groups is 13. The van der Waals surface area contributed by atoms with Gasteiger partial charge in [-0.3, -0.25) is 57.5 Å². The van der Waals surface area contributed by atoms with Crippen LogP contribution in [0.15, 0.2) is 121 Å². The molecule has 28 heteroatoms. The Balaban J connectivity index is 1.12. The quantitative estimate of drug-likeness (QED) is 0.0274. The van der Waals surface area contributed by atoms with Crippen molar-refractivity contribution >= 4 is 76.9 Å². The van der Waals surface area contributed by atoms with E-state index in [1.807, 2.05) is 36.4 Å². The summed E-state index contributed by atoms with van der Waals surface area (Å²) in [6.07, 6.45) is 1.09. The summed E-state index contributed by atoms with van der Waals surface area (Å²) < 4.78 is 0. The fraction of sp³-hybridized carbons (Fsp3) is 0.486. The Morgan fingerprint density at radius 2 is 0.870 bits per heavy atom. The van der Waals surface area contributed by atoms with E-state index in [-0.39, 0.29) is 58.0 Å². The summed E-state index contributed by atoms with van der Waals surface area (Å²) in [6.45, 7) is 7.89. The lowest BCUT2D eigenvalue weighted by molar-refractivity contribution is -0.144. The molecule has 0 saturated carbocycles. The predicted octanol–water partition coefficient (Wildman–Crippen LogP) is 0.671. The van der Waals surface area contributed by atoms with Crippen molar-refractivity contribution in [1.29, 1.82) is 0 Å². The summed E-state index contributed by atoms with van der Waals surface area (Å²) in [5, 5.41) is 43.3. The number of nitrogens with zero attached hydrogens (tertiary/aromatic N) is 2. The Morgan fingerprint density at radius 1 is 0.450 bits per heavy atom. The SMILES string of the molecule is CC(NC(=O)C(NC(=O)C(Cc1ccccc1)NC(=O)C(N)Cc1ccccc1)C(C)C)C(=O)N1CCCC1C(=O)NC(Cc1ccccc1)C(=O)N1CCCC1C(=O)NC(CCC(=O)O)C(=O)NC(C(=O)NC(Cc1ccccc1)C(=O)NCC(=O)NC(CCCCN)C(=O)O)C(C)C. The Bertz CT molecular complexity index is 3440. The van der Waals surface area contributed by atoms with E-state index in [4.69, 9.17) is 11.5 Å². The minimum Gasteiger partial charge on any atom is -0.481 e. The number of rotatable bonds is 38. The van der Waals surface area contributed by atoms with Crippen LogP contribution in [0.5, 0.6) is 0 Å². The number of nitrogens with two attached hydrogens (primary N) is 2. The van der Waals surface area contributed by atoms with Crippen molar-refractivity contribution in [2.45, 2.75) is 185 Å². The van der Waals surface area contributed by atoms with Crippen molar-refractivity contribution in [1.82, 2.24) is 57.7 Å².